The maximum atomic E-state index is 9.64. The van der Waals surface area contributed by atoms with Crippen LogP contribution in [-0.2, 0) is 14.4 Å². The molecule has 0 aromatic carbocycles. The van der Waals surface area contributed by atoms with Crippen LogP contribution in [0.2, 0.25) is 0 Å². The fourth-order valence-corrected chi connectivity index (χ4v) is 0.587. The third-order valence-corrected chi connectivity index (χ3v) is 1.25. The number of hydrogen-bond acceptors (Lipinski definition) is 5. The third-order valence-electron chi connectivity index (χ3n) is 1.25. The number of nitrogens with two attached hydrogens (primary N) is 1. The molecule has 0 aromatic heterocycles. The zero-order valence-corrected chi connectivity index (χ0v) is 10.1. The van der Waals surface area contributed by atoms with E-state index in [1.54, 1.807) is 0 Å². The Labute approximate surface area is 104 Å². The number of aliphatic hydroxyl groups is 1. The number of guanidine groups is 1. The molecule has 0 rings (SSSR count). The van der Waals surface area contributed by atoms with Crippen LogP contribution < -0.4 is 11.2 Å². The number of carboxylic acids is 2. The van der Waals surface area contributed by atoms with Crippen molar-refractivity contribution < 1.29 is 29.7 Å². The van der Waals surface area contributed by atoms with Crippen LogP contribution in [0.3, 0.4) is 0 Å². The molecule has 6 N–H and O–H groups in total. The highest BCUT2D eigenvalue weighted by molar-refractivity contribution is 5.76. The first kappa shape index (κ1) is 18.5. The lowest BCUT2D eigenvalue weighted by Gasteiger charge is -2.02. The summed E-state index contributed by atoms with van der Waals surface area (Å²) in [5.41, 5.74) is 7.61. The number of aliphatic imine (C=N–C) groups is 1. The summed E-state index contributed by atoms with van der Waals surface area (Å²) in [6.07, 6.45) is -0.593. The number of nitrogens with one attached hydrogen (secondary N) is 1. The Kier molecular flexibility index (Phi) is 13.6. The number of rotatable bonds is 7. The number of hydroxylamine groups is 1. The van der Waals surface area contributed by atoms with Crippen molar-refractivity contribution in [1.82, 2.24) is 5.48 Å². The van der Waals surface area contributed by atoms with Gasteiger partial charge in [-0.25, -0.2) is 5.48 Å². The number of hydrogen-bond donors (Lipinski definition) is 5. The first-order chi connectivity index (χ1) is 8.43. The molecule has 9 nitrogen and oxygen atoms in total. The lowest BCUT2D eigenvalue weighted by atomic mass is 10.3. The summed E-state index contributed by atoms with van der Waals surface area (Å²) in [6.45, 7) is 2.65. The van der Waals surface area contributed by atoms with Gasteiger partial charge < -0.3 is 21.1 Å². The van der Waals surface area contributed by atoms with Crippen LogP contribution in [0.25, 0.3) is 0 Å². The minimum atomic E-state index is -1.08. The van der Waals surface area contributed by atoms with Gasteiger partial charge in [0.05, 0.1) is 26.1 Å². The van der Waals surface area contributed by atoms with E-state index in [-0.39, 0.29) is 32.0 Å². The van der Waals surface area contributed by atoms with Crippen LogP contribution in [0.15, 0.2) is 4.99 Å². The summed E-state index contributed by atoms with van der Waals surface area (Å²) in [7, 11) is 0. The maximum Gasteiger partial charge on any atom is 0.303 e. The van der Waals surface area contributed by atoms with Crippen LogP contribution in [-0.4, -0.2) is 53.0 Å². The number of carboxylic acid groups (broad SMARTS) is 2. The highest BCUT2D eigenvalue weighted by Crippen LogP contribution is 1.86. The number of aliphatic carboxylic acids is 2. The predicted octanol–water partition coefficient (Wildman–Crippen LogP) is -1.23. The Morgan fingerprint density at radius 2 is 1.78 bits per heavy atom. The highest BCUT2D eigenvalue weighted by Gasteiger charge is 2.00. The molecular formula is C9H19N3O6. The van der Waals surface area contributed by atoms with E-state index in [0.717, 1.165) is 0 Å². The van der Waals surface area contributed by atoms with Gasteiger partial charge in [0, 0.05) is 6.54 Å². The second kappa shape index (κ2) is 13.2. The van der Waals surface area contributed by atoms with Gasteiger partial charge in [-0.2, -0.15) is 0 Å². The number of aliphatic hydroxyl groups excluding tert-OH is 1. The Morgan fingerprint density at radius 3 is 2.11 bits per heavy atom. The minimum absolute atomic E-state index is 0.0353. The molecule has 0 aliphatic heterocycles. The molecule has 0 bridgehead atoms. The Balaban J connectivity index is 0. The third kappa shape index (κ3) is 19.7. The van der Waals surface area contributed by atoms with Crippen LogP contribution in [0.5, 0.6) is 0 Å². The lowest BCUT2D eigenvalue weighted by Crippen LogP contribution is -2.32. The van der Waals surface area contributed by atoms with E-state index >= 15 is 0 Å². The summed E-state index contributed by atoms with van der Waals surface area (Å²) in [4.78, 5) is 27.7. The van der Waals surface area contributed by atoms with Crippen LogP contribution in [0, 0.1) is 0 Å². The van der Waals surface area contributed by atoms with Gasteiger partial charge >= 0.3 is 11.9 Å². The number of carbonyl (C=O) groups is 2. The molecule has 0 saturated heterocycles. The zero-order valence-electron chi connectivity index (χ0n) is 10.1. The smallest absolute Gasteiger partial charge is 0.303 e. The lowest BCUT2D eigenvalue weighted by molar-refractivity contribution is -0.143. The van der Waals surface area contributed by atoms with Gasteiger partial charge in [0.1, 0.15) is 0 Å². The van der Waals surface area contributed by atoms with E-state index in [1.165, 1.54) is 0 Å². The van der Waals surface area contributed by atoms with Crippen molar-refractivity contribution in [3.8, 4) is 0 Å². The molecule has 0 radical (unpaired) electrons. The summed E-state index contributed by atoms with van der Waals surface area (Å²) < 4.78 is 0. The normalized spacial score (nSPS) is 10.2. The van der Waals surface area contributed by atoms with Gasteiger partial charge in [0.25, 0.3) is 0 Å². The molecule has 0 fully saturated rings. The predicted molar refractivity (Wildman–Crippen MR) is 62.8 cm³/mol. The molecular weight excluding hydrogens is 246 g/mol. The standard InChI is InChI=1S/C5H13N3O2.C4H6O4/c1-2-7-5(6)8-10-4-3-9;5-3(6)1-2-4(7)8/h9H,2-4H2,1H3,(H3,6,7,8);1-2H2,(H,5,6)(H,7,8). The molecule has 0 saturated carbocycles. The first-order valence-electron chi connectivity index (χ1n) is 5.16. The van der Waals surface area contributed by atoms with E-state index in [2.05, 4.69) is 15.3 Å². The Morgan fingerprint density at radius 1 is 1.28 bits per heavy atom. The molecule has 0 unspecified atom stereocenters. The van der Waals surface area contributed by atoms with E-state index in [1.807, 2.05) is 6.92 Å². The number of nitrogens with zero attached hydrogens (tertiary/aromatic N) is 1. The molecule has 0 aromatic rings. The van der Waals surface area contributed by atoms with Crippen LogP contribution >= 0.6 is 0 Å². The molecule has 0 aliphatic carbocycles. The van der Waals surface area contributed by atoms with Gasteiger partial charge in [0.15, 0.2) is 0 Å². The highest BCUT2D eigenvalue weighted by atomic mass is 16.6. The Hall–Kier alpha value is -1.87. The van der Waals surface area contributed by atoms with E-state index in [4.69, 9.17) is 21.1 Å². The minimum Gasteiger partial charge on any atom is -0.481 e. The van der Waals surface area contributed by atoms with Crippen molar-refractivity contribution in [3.05, 3.63) is 0 Å². The summed E-state index contributed by atoms with van der Waals surface area (Å²) in [6, 6.07) is 0. The fourth-order valence-electron chi connectivity index (χ4n) is 0.587. The summed E-state index contributed by atoms with van der Waals surface area (Å²) >= 11 is 0. The van der Waals surface area contributed by atoms with Gasteiger partial charge in [-0.15, -0.1) is 0 Å². The average molecular weight is 265 g/mol. The van der Waals surface area contributed by atoms with Crippen LogP contribution in [0.1, 0.15) is 19.8 Å². The molecule has 0 atom stereocenters. The monoisotopic (exact) mass is 265 g/mol. The molecule has 0 amide bonds. The van der Waals surface area contributed by atoms with Gasteiger partial charge in [0.2, 0.25) is 5.96 Å². The first-order valence-corrected chi connectivity index (χ1v) is 5.16. The van der Waals surface area contributed by atoms with Crippen LogP contribution in [0.4, 0.5) is 0 Å². The second-order valence-corrected chi connectivity index (χ2v) is 2.82. The van der Waals surface area contributed by atoms with Crippen molar-refractivity contribution in [2.24, 2.45) is 10.7 Å². The van der Waals surface area contributed by atoms with Gasteiger partial charge in [-0.3, -0.25) is 19.4 Å². The van der Waals surface area contributed by atoms with E-state index < -0.39 is 11.9 Å². The van der Waals surface area contributed by atoms with Crippen molar-refractivity contribution in [1.29, 1.82) is 0 Å². The maximum absolute atomic E-state index is 9.64. The van der Waals surface area contributed by atoms with Gasteiger partial charge in [-0.1, -0.05) is 0 Å². The topological polar surface area (TPSA) is 154 Å². The average Bonchev–Trinajstić information content (AvgIpc) is 2.28. The quantitative estimate of drug-likeness (QED) is 0.166. The van der Waals surface area contributed by atoms with Gasteiger partial charge in [-0.05, 0) is 6.92 Å². The van der Waals surface area contributed by atoms with Crippen molar-refractivity contribution in [3.63, 3.8) is 0 Å². The molecule has 106 valence electrons. The second-order valence-electron chi connectivity index (χ2n) is 2.82. The van der Waals surface area contributed by atoms with Crippen molar-refractivity contribution in [2.45, 2.75) is 19.8 Å². The molecule has 0 spiro atoms. The van der Waals surface area contributed by atoms with Crippen molar-refractivity contribution in [2.75, 3.05) is 19.8 Å². The molecule has 0 aliphatic rings. The molecule has 18 heavy (non-hydrogen) atoms. The van der Waals surface area contributed by atoms with Crippen molar-refractivity contribution >= 4 is 17.9 Å². The summed E-state index contributed by atoms with van der Waals surface area (Å²) in [5, 5.41) is 24.1. The zero-order chi connectivity index (χ0) is 14.4. The Bertz CT molecular complexity index is 255. The van der Waals surface area contributed by atoms with E-state index in [9.17, 15) is 9.59 Å². The summed E-state index contributed by atoms with van der Waals surface area (Å²) in [5.74, 6) is -1.92. The van der Waals surface area contributed by atoms with E-state index in [0.29, 0.717) is 6.54 Å². The SMILES string of the molecule is CCN=C(N)NOCCO.O=C(O)CCC(=O)O. The molecule has 9 heteroatoms. The fraction of sp³-hybridized carbons (Fsp3) is 0.667. The largest absolute Gasteiger partial charge is 0.481 e. The molecule has 0 heterocycles.